The van der Waals surface area contributed by atoms with Crippen LogP contribution >= 0.6 is 0 Å². The molecule has 1 aliphatic heterocycles. The van der Waals surface area contributed by atoms with Crippen LogP contribution in [0.4, 0.5) is 8.78 Å². The van der Waals surface area contributed by atoms with Gasteiger partial charge in [0.2, 0.25) is 0 Å². The summed E-state index contributed by atoms with van der Waals surface area (Å²) >= 11 is 0. The van der Waals surface area contributed by atoms with Gasteiger partial charge in [-0.05, 0) is 60.4 Å². The maximum absolute atomic E-state index is 14.5. The highest BCUT2D eigenvalue weighted by Crippen LogP contribution is 2.38. The summed E-state index contributed by atoms with van der Waals surface area (Å²) in [5.41, 5.74) is 4.45. The fourth-order valence-electron chi connectivity index (χ4n) is 4.92. The van der Waals surface area contributed by atoms with E-state index >= 15 is 0 Å². The van der Waals surface area contributed by atoms with E-state index in [-0.39, 0.29) is 0 Å². The molecule has 1 aliphatic rings. The van der Waals surface area contributed by atoms with E-state index in [1.807, 2.05) is 24.3 Å². The fourth-order valence-corrected chi connectivity index (χ4v) is 8.20. The van der Waals surface area contributed by atoms with Crippen molar-refractivity contribution in [2.24, 2.45) is 0 Å². The molecule has 3 heteroatoms. The monoisotopic (exact) mass is 432 g/mol. The van der Waals surface area contributed by atoms with Crippen molar-refractivity contribution in [2.45, 2.75) is 50.2 Å². The second-order valence-corrected chi connectivity index (χ2v) is 12.1. The third kappa shape index (κ3) is 5.04. The van der Waals surface area contributed by atoms with Gasteiger partial charge in [0.05, 0.1) is 0 Å². The van der Waals surface area contributed by atoms with Crippen molar-refractivity contribution in [3.63, 3.8) is 0 Å². The first kappa shape index (κ1) is 21.7. The third-order valence-corrected chi connectivity index (χ3v) is 10.1. The zero-order valence-corrected chi connectivity index (χ0v) is 19.3. The fraction of sp³-hybridized carbons (Fsp3) is 0.286. The van der Waals surface area contributed by atoms with Gasteiger partial charge < -0.3 is 0 Å². The lowest BCUT2D eigenvalue weighted by atomic mass is 9.89. The van der Waals surface area contributed by atoms with Crippen molar-refractivity contribution < 1.29 is 8.78 Å². The summed E-state index contributed by atoms with van der Waals surface area (Å²) < 4.78 is 28.4. The summed E-state index contributed by atoms with van der Waals surface area (Å²) in [5.74, 6) is -0.979. The Kier molecular flexibility index (Phi) is 7.13. The van der Waals surface area contributed by atoms with Crippen LogP contribution in [-0.2, 0) is 0 Å². The molecule has 0 nitrogen and oxygen atoms in total. The van der Waals surface area contributed by atoms with E-state index in [2.05, 4.69) is 43.3 Å². The van der Waals surface area contributed by atoms with Crippen LogP contribution in [0, 0.1) is 11.6 Å². The Morgan fingerprint density at radius 2 is 1.58 bits per heavy atom. The molecule has 1 heterocycles. The van der Waals surface area contributed by atoms with Gasteiger partial charge in [0.25, 0.3) is 0 Å². The van der Waals surface area contributed by atoms with Gasteiger partial charge in [-0.2, -0.15) is 0 Å². The van der Waals surface area contributed by atoms with Crippen molar-refractivity contribution >= 4 is 8.80 Å². The number of rotatable bonds is 6. The van der Waals surface area contributed by atoms with Crippen molar-refractivity contribution in [3.8, 4) is 22.3 Å². The third-order valence-electron chi connectivity index (χ3n) is 6.66. The molecule has 0 amide bonds. The molecular weight excluding hydrogens is 402 g/mol. The van der Waals surface area contributed by atoms with Crippen molar-refractivity contribution in [3.05, 3.63) is 96.1 Å². The Labute approximate surface area is 186 Å². The van der Waals surface area contributed by atoms with Crippen LogP contribution in [0.1, 0.15) is 37.7 Å². The smallest absolute Gasteiger partial charge is 0.166 e. The van der Waals surface area contributed by atoms with Gasteiger partial charge in [-0.15, -0.1) is 0 Å². The maximum atomic E-state index is 14.5. The van der Waals surface area contributed by atoms with Gasteiger partial charge in [-0.1, -0.05) is 90.9 Å². The molecular formula is C28H30F2Si. The molecule has 0 unspecified atom stereocenters. The van der Waals surface area contributed by atoms with E-state index in [9.17, 15) is 8.78 Å². The summed E-state index contributed by atoms with van der Waals surface area (Å²) in [6.07, 6.45) is 8.30. The molecule has 0 atom stereocenters. The second kappa shape index (κ2) is 10.2. The van der Waals surface area contributed by atoms with Gasteiger partial charge in [-0.25, -0.2) is 8.78 Å². The van der Waals surface area contributed by atoms with Crippen molar-refractivity contribution in [1.29, 1.82) is 0 Å². The molecule has 3 aromatic rings. The summed E-state index contributed by atoms with van der Waals surface area (Å²) in [7, 11) is -0.580. The van der Waals surface area contributed by atoms with E-state index in [1.54, 1.807) is 12.1 Å². The molecule has 1 saturated heterocycles. The predicted octanol–water partition coefficient (Wildman–Crippen LogP) is 8.37. The highest BCUT2D eigenvalue weighted by Gasteiger charge is 2.23. The number of hydrogen-bond donors (Lipinski definition) is 0. The van der Waals surface area contributed by atoms with E-state index in [0.29, 0.717) is 11.5 Å². The molecule has 160 valence electrons. The number of benzene rings is 3. The van der Waals surface area contributed by atoms with Gasteiger partial charge in [-0.3, -0.25) is 0 Å². The molecule has 31 heavy (non-hydrogen) atoms. The van der Waals surface area contributed by atoms with Gasteiger partial charge >= 0.3 is 0 Å². The highest BCUT2D eigenvalue weighted by molar-refractivity contribution is 6.59. The molecule has 0 N–H and O–H groups in total. The van der Waals surface area contributed by atoms with Crippen LogP contribution in [0.2, 0.25) is 18.1 Å². The number of allylic oxidation sites excluding steroid dienone is 2. The first-order valence-electron chi connectivity index (χ1n) is 11.4. The molecule has 3 aromatic carbocycles. The average molecular weight is 433 g/mol. The quantitative estimate of drug-likeness (QED) is 0.271. The van der Waals surface area contributed by atoms with Gasteiger partial charge in [0.15, 0.2) is 11.6 Å². The number of halogens is 2. The van der Waals surface area contributed by atoms with E-state index in [0.717, 1.165) is 16.7 Å². The van der Waals surface area contributed by atoms with E-state index < -0.39 is 20.4 Å². The Morgan fingerprint density at radius 1 is 0.871 bits per heavy atom. The normalized spacial score (nSPS) is 19.1. The SMILES string of the molecule is CC=CCC[Si@H]1CC[C@H](c2cccc(-c3ccccc3-c3cccc(F)c3F)c2)CC1. The molecule has 1 fully saturated rings. The molecule has 0 bridgehead atoms. The maximum Gasteiger partial charge on any atom is 0.166 e. The van der Waals surface area contributed by atoms with Crippen LogP contribution in [0.25, 0.3) is 22.3 Å². The molecule has 0 spiro atoms. The first-order chi connectivity index (χ1) is 15.2. The van der Waals surface area contributed by atoms with E-state index in [4.69, 9.17) is 0 Å². The molecule has 0 radical (unpaired) electrons. The Balaban J connectivity index is 1.57. The highest BCUT2D eigenvalue weighted by atomic mass is 28.3. The number of hydrogen-bond acceptors (Lipinski definition) is 0. The van der Waals surface area contributed by atoms with E-state index in [1.165, 1.54) is 49.0 Å². The lowest BCUT2D eigenvalue weighted by Crippen LogP contribution is -2.20. The minimum Gasteiger partial charge on any atom is -0.204 e. The minimum absolute atomic E-state index is 0.314. The van der Waals surface area contributed by atoms with Crippen LogP contribution in [0.5, 0.6) is 0 Å². The van der Waals surface area contributed by atoms with Gasteiger partial charge in [0.1, 0.15) is 0 Å². The molecule has 0 aliphatic carbocycles. The Hall–Kier alpha value is -2.52. The standard InChI is InChI=1S/C28H30F2Si/c1-2-3-6-17-31-18-15-21(16-19-31)22-9-7-10-23(20-22)24-11-4-5-12-25(24)26-13-8-14-27(29)28(26)30/h2-5,7-14,20-21,31H,6,15-19H2,1H3/t21-,31-. The van der Waals surface area contributed by atoms with Crippen LogP contribution in [-0.4, -0.2) is 8.80 Å². The molecule has 0 saturated carbocycles. The van der Waals surface area contributed by atoms with Crippen molar-refractivity contribution in [1.82, 2.24) is 0 Å². The summed E-state index contributed by atoms with van der Waals surface area (Å²) in [5, 5.41) is 0. The zero-order valence-electron chi connectivity index (χ0n) is 18.2. The predicted molar refractivity (Wildman–Crippen MR) is 130 cm³/mol. The lowest BCUT2D eigenvalue weighted by Gasteiger charge is -2.28. The van der Waals surface area contributed by atoms with Crippen LogP contribution < -0.4 is 0 Å². The summed E-state index contributed by atoms with van der Waals surface area (Å²) in [6, 6.07) is 25.1. The largest absolute Gasteiger partial charge is 0.204 e. The Bertz CT molecular complexity index is 1050. The summed E-state index contributed by atoms with van der Waals surface area (Å²) in [6.45, 7) is 2.10. The Morgan fingerprint density at radius 3 is 2.35 bits per heavy atom. The average Bonchev–Trinajstić information content (AvgIpc) is 2.82. The second-order valence-electron chi connectivity index (χ2n) is 8.64. The zero-order chi connectivity index (χ0) is 21.6. The lowest BCUT2D eigenvalue weighted by molar-refractivity contribution is 0.511. The summed E-state index contributed by atoms with van der Waals surface area (Å²) in [4.78, 5) is 0. The molecule has 0 aromatic heterocycles. The van der Waals surface area contributed by atoms with Gasteiger partial charge in [0, 0.05) is 14.4 Å². The topological polar surface area (TPSA) is 0 Å². The first-order valence-corrected chi connectivity index (χ1v) is 13.9. The van der Waals surface area contributed by atoms with Crippen LogP contribution in [0.15, 0.2) is 78.9 Å². The van der Waals surface area contributed by atoms with Crippen LogP contribution in [0.3, 0.4) is 0 Å². The minimum atomic E-state index is -0.809. The van der Waals surface area contributed by atoms with Crippen molar-refractivity contribution in [2.75, 3.05) is 0 Å². The molecule has 4 rings (SSSR count).